The van der Waals surface area contributed by atoms with E-state index >= 15 is 0 Å². The molecule has 0 spiro atoms. The van der Waals surface area contributed by atoms with Gasteiger partial charge in [0.25, 0.3) is 0 Å². The molecule has 2 rings (SSSR count). The molecular weight excluding hydrogens is 256 g/mol. The maximum Gasteiger partial charge on any atom is 0.119 e. The van der Waals surface area contributed by atoms with Crippen LogP contribution in [-0.4, -0.2) is 38.5 Å². The van der Waals surface area contributed by atoms with Crippen LogP contribution in [0, 0.1) is 4.91 Å². The molecule has 0 aliphatic heterocycles. The standard InChI is InChI=1S/C15H18N2O3/c1-20-15-5-3-12-10-14(4-2-13(12)11-15)17(8-9-18)7-6-16-19/h2-5,10-11,18H,6-9H2,1H3. The number of aliphatic hydroxyl groups is 1. The van der Waals surface area contributed by atoms with Gasteiger partial charge in [-0.2, -0.15) is 4.91 Å². The topological polar surface area (TPSA) is 62.1 Å². The second kappa shape index (κ2) is 6.86. The zero-order valence-corrected chi connectivity index (χ0v) is 11.5. The quantitative estimate of drug-likeness (QED) is 0.788. The number of nitroso groups, excluding NO2 is 1. The van der Waals surface area contributed by atoms with Crippen LogP contribution < -0.4 is 9.64 Å². The Labute approximate surface area is 117 Å². The number of anilines is 1. The highest BCUT2D eigenvalue weighted by Gasteiger charge is 2.07. The van der Waals surface area contributed by atoms with Crippen molar-refractivity contribution in [1.82, 2.24) is 0 Å². The van der Waals surface area contributed by atoms with Gasteiger partial charge < -0.3 is 14.7 Å². The average Bonchev–Trinajstić information content (AvgIpc) is 2.50. The minimum absolute atomic E-state index is 0.0412. The number of hydrogen-bond acceptors (Lipinski definition) is 5. The second-order valence-corrected chi connectivity index (χ2v) is 4.46. The fourth-order valence-corrected chi connectivity index (χ4v) is 2.19. The molecule has 2 aromatic carbocycles. The summed E-state index contributed by atoms with van der Waals surface area (Å²) >= 11 is 0. The van der Waals surface area contributed by atoms with Crippen LogP contribution in [0.2, 0.25) is 0 Å². The lowest BCUT2D eigenvalue weighted by Crippen LogP contribution is -2.29. The van der Waals surface area contributed by atoms with E-state index in [4.69, 9.17) is 9.84 Å². The van der Waals surface area contributed by atoms with Crippen molar-refractivity contribution < 1.29 is 9.84 Å². The molecule has 0 aliphatic rings. The summed E-state index contributed by atoms with van der Waals surface area (Å²) in [7, 11) is 1.64. The highest BCUT2D eigenvalue weighted by atomic mass is 16.5. The smallest absolute Gasteiger partial charge is 0.119 e. The van der Waals surface area contributed by atoms with Gasteiger partial charge in [0.1, 0.15) is 5.75 Å². The van der Waals surface area contributed by atoms with Gasteiger partial charge in [0.05, 0.1) is 20.3 Å². The molecule has 0 saturated heterocycles. The van der Waals surface area contributed by atoms with E-state index in [0.29, 0.717) is 13.1 Å². The fraction of sp³-hybridized carbons (Fsp3) is 0.333. The van der Waals surface area contributed by atoms with E-state index in [1.807, 2.05) is 41.3 Å². The molecule has 1 N–H and O–H groups in total. The predicted octanol–water partition coefficient (Wildman–Crippen LogP) is 2.41. The first-order valence-corrected chi connectivity index (χ1v) is 6.51. The van der Waals surface area contributed by atoms with Crippen molar-refractivity contribution in [1.29, 1.82) is 0 Å². The average molecular weight is 274 g/mol. The molecule has 0 bridgehead atoms. The van der Waals surface area contributed by atoms with Crippen molar-refractivity contribution in [2.24, 2.45) is 5.18 Å². The summed E-state index contributed by atoms with van der Waals surface area (Å²) < 4.78 is 5.20. The minimum Gasteiger partial charge on any atom is -0.497 e. The molecule has 0 amide bonds. The first kappa shape index (κ1) is 14.3. The molecule has 0 atom stereocenters. The monoisotopic (exact) mass is 274 g/mol. The second-order valence-electron chi connectivity index (χ2n) is 4.46. The summed E-state index contributed by atoms with van der Waals surface area (Å²) in [6.07, 6.45) is 0. The van der Waals surface area contributed by atoms with E-state index < -0.39 is 0 Å². The summed E-state index contributed by atoms with van der Waals surface area (Å²) in [5.41, 5.74) is 0.973. The van der Waals surface area contributed by atoms with Gasteiger partial charge in [-0.25, -0.2) is 0 Å². The molecule has 5 heteroatoms. The van der Waals surface area contributed by atoms with Gasteiger partial charge in [0.15, 0.2) is 0 Å². The predicted molar refractivity (Wildman–Crippen MR) is 80.5 cm³/mol. The van der Waals surface area contributed by atoms with Crippen molar-refractivity contribution in [3.63, 3.8) is 0 Å². The lowest BCUT2D eigenvalue weighted by Gasteiger charge is -2.23. The Kier molecular flexibility index (Phi) is 4.90. The molecule has 0 unspecified atom stereocenters. The fourth-order valence-electron chi connectivity index (χ4n) is 2.19. The minimum atomic E-state index is 0.0412. The van der Waals surface area contributed by atoms with Crippen molar-refractivity contribution in [2.45, 2.75) is 0 Å². The van der Waals surface area contributed by atoms with Crippen molar-refractivity contribution in [2.75, 3.05) is 38.3 Å². The number of fused-ring (bicyclic) bond motifs is 1. The molecule has 5 nitrogen and oxygen atoms in total. The van der Waals surface area contributed by atoms with E-state index in [2.05, 4.69) is 5.18 Å². The molecule has 0 radical (unpaired) electrons. The van der Waals surface area contributed by atoms with Crippen molar-refractivity contribution in [3.8, 4) is 5.75 Å². The number of benzene rings is 2. The van der Waals surface area contributed by atoms with Gasteiger partial charge in [-0.15, -0.1) is 0 Å². The number of nitrogens with zero attached hydrogens (tertiary/aromatic N) is 2. The van der Waals surface area contributed by atoms with E-state index in [-0.39, 0.29) is 13.2 Å². The van der Waals surface area contributed by atoms with Crippen LogP contribution in [-0.2, 0) is 0 Å². The Morgan fingerprint density at radius 2 is 1.90 bits per heavy atom. The largest absolute Gasteiger partial charge is 0.497 e. The number of methoxy groups -OCH3 is 1. The van der Waals surface area contributed by atoms with Crippen molar-refractivity contribution >= 4 is 16.5 Å². The van der Waals surface area contributed by atoms with Gasteiger partial charge in [-0.05, 0) is 35.0 Å². The Hall–Kier alpha value is -2.14. The van der Waals surface area contributed by atoms with Gasteiger partial charge in [-0.1, -0.05) is 17.3 Å². The summed E-state index contributed by atoms with van der Waals surface area (Å²) in [6, 6.07) is 11.9. The molecule has 0 saturated carbocycles. The third-order valence-corrected chi connectivity index (χ3v) is 3.23. The van der Waals surface area contributed by atoms with Crippen LogP contribution in [0.5, 0.6) is 5.75 Å². The van der Waals surface area contributed by atoms with Crippen LogP contribution in [0.4, 0.5) is 5.69 Å². The highest BCUT2D eigenvalue weighted by Crippen LogP contribution is 2.25. The summed E-state index contributed by atoms with van der Waals surface area (Å²) in [4.78, 5) is 12.2. The van der Waals surface area contributed by atoms with E-state index in [1.54, 1.807) is 7.11 Å². The molecule has 0 aliphatic carbocycles. The summed E-state index contributed by atoms with van der Waals surface area (Å²) in [5, 5.41) is 14.2. The third-order valence-electron chi connectivity index (χ3n) is 3.23. The summed E-state index contributed by atoms with van der Waals surface area (Å²) in [5.74, 6) is 0.822. The lowest BCUT2D eigenvalue weighted by atomic mass is 10.1. The molecule has 0 aromatic heterocycles. The van der Waals surface area contributed by atoms with E-state index in [0.717, 1.165) is 22.2 Å². The number of hydrogen-bond donors (Lipinski definition) is 1. The maximum absolute atomic E-state index is 10.3. The number of aliphatic hydroxyl groups excluding tert-OH is 1. The molecular formula is C15H18N2O3. The van der Waals surface area contributed by atoms with Gasteiger partial charge in [0, 0.05) is 18.8 Å². The van der Waals surface area contributed by atoms with Crippen molar-refractivity contribution in [3.05, 3.63) is 41.3 Å². The van der Waals surface area contributed by atoms with Crippen LogP contribution in [0.15, 0.2) is 41.6 Å². The van der Waals surface area contributed by atoms with Crippen LogP contribution in [0.3, 0.4) is 0 Å². The third kappa shape index (κ3) is 3.24. The first-order chi connectivity index (χ1) is 9.78. The van der Waals surface area contributed by atoms with Gasteiger partial charge in [-0.3, -0.25) is 0 Å². The zero-order valence-electron chi connectivity index (χ0n) is 11.5. The Bertz CT molecular complexity index is 586. The molecule has 0 fully saturated rings. The van der Waals surface area contributed by atoms with E-state index in [9.17, 15) is 4.91 Å². The first-order valence-electron chi connectivity index (χ1n) is 6.51. The molecule has 20 heavy (non-hydrogen) atoms. The van der Waals surface area contributed by atoms with Crippen LogP contribution >= 0.6 is 0 Å². The maximum atomic E-state index is 10.3. The van der Waals surface area contributed by atoms with Crippen LogP contribution in [0.1, 0.15) is 0 Å². The number of rotatable bonds is 7. The van der Waals surface area contributed by atoms with Crippen LogP contribution in [0.25, 0.3) is 10.8 Å². The molecule has 106 valence electrons. The van der Waals surface area contributed by atoms with Gasteiger partial charge >= 0.3 is 0 Å². The summed E-state index contributed by atoms with van der Waals surface area (Å²) in [6.45, 7) is 1.24. The Morgan fingerprint density at radius 3 is 2.60 bits per heavy atom. The highest BCUT2D eigenvalue weighted by molar-refractivity contribution is 5.87. The normalized spacial score (nSPS) is 10.5. The molecule has 0 heterocycles. The number of ether oxygens (including phenoxy) is 1. The van der Waals surface area contributed by atoms with Gasteiger partial charge in [0.2, 0.25) is 0 Å². The zero-order chi connectivity index (χ0) is 14.4. The Balaban J connectivity index is 2.30. The van der Waals surface area contributed by atoms with E-state index in [1.165, 1.54) is 0 Å². The SMILES string of the molecule is COc1ccc2cc(N(CCO)CCN=O)ccc2c1. The molecule has 2 aromatic rings. The Morgan fingerprint density at radius 1 is 1.15 bits per heavy atom. The lowest BCUT2D eigenvalue weighted by molar-refractivity contribution is 0.302.